The van der Waals surface area contributed by atoms with Gasteiger partial charge in [-0.05, 0) is 19.3 Å². The molecule has 1 N–H and O–H groups in total. The molecule has 0 unspecified atom stereocenters. The summed E-state index contributed by atoms with van der Waals surface area (Å²) in [5, 5.41) is 7.25. The Balaban J connectivity index is 2.01. The van der Waals surface area contributed by atoms with E-state index in [0.29, 0.717) is 24.3 Å². The summed E-state index contributed by atoms with van der Waals surface area (Å²) in [5.74, 6) is 1.33. The van der Waals surface area contributed by atoms with Crippen LogP contribution in [0.1, 0.15) is 44.8 Å². The van der Waals surface area contributed by atoms with Crippen molar-refractivity contribution in [2.45, 2.75) is 51.3 Å². The Morgan fingerprint density at radius 3 is 2.75 bits per heavy atom. The first-order valence-electron chi connectivity index (χ1n) is 5.78. The van der Waals surface area contributed by atoms with Gasteiger partial charge in [-0.1, -0.05) is 19.0 Å². The Morgan fingerprint density at radius 2 is 2.25 bits per heavy atom. The average Bonchev–Trinajstić information content (AvgIpc) is 2.63. The molecule has 0 aromatic carbocycles. The smallest absolute Gasteiger partial charge is 0.240 e. The van der Waals surface area contributed by atoms with Gasteiger partial charge in [0.2, 0.25) is 11.7 Å². The predicted molar refractivity (Wildman–Crippen MR) is 58.8 cm³/mol. The minimum Gasteiger partial charge on any atom is -0.370 e. The van der Waals surface area contributed by atoms with Crippen LogP contribution in [-0.4, -0.2) is 23.3 Å². The number of nitrogens with zero attached hydrogens (tertiary/aromatic N) is 2. The highest BCUT2D eigenvalue weighted by Crippen LogP contribution is 2.42. The molecule has 1 aliphatic rings. The molecular weight excluding hydrogens is 206 g/mol. The van der Waals surface area contributed by atoms with Crippen LogP contribution in [0.25, 0.3) is 0 Å². The number of hydrogen-bond acceptors (Lipinski definition) is 5. The van der Waals surface area contributed by atoms with Crippen LogP contribution >= 0.6 is 0 Å². The molecule has 0 radical (unpaired) electrons. The standard InChI is InChI=1S/C11H19N3O2/c1-8(2)12-7-9-13-10(14-16-9)11(15-3)5-4-6-11/h8,12H,4-7H2,1-3H3. The minimum atomic E-state index is -0.278. The van der Waals surface area contributed by atoms with Crippen molar-refractivity contribution in [2.75, 3.05) is 7.11 Å². The van der Waals surface area contributed by atoms with Crippen molar-refractivity contribution in [3.05, 3.63) is 11.7 Å². The zero-order valence-electron chi connectivity index (χ0n) is 10.1. The first-order valence-corrected chi connectivity index (χ1v) is 5.78. The molecule has 5 nitrogen and oxygen atoms in total. The van der Waals surface area contributed by atoms with Gasteiger partial charge in [0.25, 0.3) is 0 Å². The van der Waals surface area contributed by atoms with Crippen LogP contribution in [0, 0.1) is 0 Å². The lowest BCUT2D eigenvalue weighted by atomic mass is 9.79. The van der Waals surface area contributed by atoms with E-state index >= 15 is 0 Å². The molecule has 0 amide bonds. The third kappa shape index (κ3) is 2.10. The number of rotatable bonds is 5. The molecule has 16 heavy (non-hydrogen) atoms. The van der Waals surface area contributed by atoms with Crippen LogP contribution in [0.15, 0.2) is 4.52 Å². The molecule has 1 aliphatic carbocycles. The Kier molecular flexibility index (Phi) is 3.25. The van der Waals surface area contributed by atoms with E-state index in [1.807, 2.05) is 0 Å². The van der Waals surface area contributed by atoms with Crippen molar-refractivity contribution in [3.8, 4) is 0 Å². The van der Waals surface area contributed by atoms with Crippen LogP contribution in [0.5, 0.6) is 0 Å². The van der Waals surface area contributed by atoms with Gasteiger partial charge in [0, 0.05) is 13.2 Å². The van der Waals surface area contributed by atoms with Crippen LogP contribution in [-0.2, 0) is 16.9 Å². The summed E-state index contributed by atoms with van der Waals surface area (Å²) in [6.07, 6.45) is 3.14. The summed E-state index contributed by atoms with van der Waals surface area (Å²) >= 11 is 0. The fourth-order valence-electron chi connectivity index (χ4n) is 1.82. The number of nitrogens with one attached hydrogen (secondary N) is 1. The number of hydrogen-bond donors (Lipinski definition) is 1. The highest BCUT2D eigenvalue weighted by atomic mass is 16.5. The van der Waals surface area contributed by atoms with Crippen molar-refractivity contribution in [1.82, 2.24) is 15.5 Å². The SMILES string of the molecule is COC1(c2noc(CNC(C)C)n2)CCC1. The molecule has 1 aromatic rings. The fraction of sp³-hybridized carbons (Fsp3) is 0.818. The van der Waals surface area contributed by atoms with E-state index in [0.717, 1.165) is 12.8 Å². The highest BCUT2D eigenvalue weighted by molar-refractivity contribution is 5.06. The molecule has 1 saturated carbocycles. The largest absolute Gasteiger partial charge is 0.370 e. The first-order chi connectivity index (χ1) is 7.66. The van der Waals surface area contributed by atoms with Crippen LogP contribution < -0.4 is 5.32 Å². The topological polar surface area (TPSA) is 60.2 Å². The van der Waals surface area contributed by atoms with Gasteiger partial charge in [0.1, 0.15) is 5.60 Å². The van der Waals surface area contributed by atoms with Crippen LogP contribution in [0.2, 0.25) is 0 Å². The third-order valence-electron chi connectivity index (χ3n) is 3.09. The van der Waals surface area contributed by atoms with Crippen molar-refractivity contribution in [1.29, 1.82) is 0 Å². The van der Waals surface area contributed by atoms with Crippen LogP contribution in [0.3, 0.4) is 0 Å². The number of aromatic nitrogens is 2. The van der Waals surface area contributed by atoms with Crippen molar-refractivity contribution in [2.24, 2.45) is 0 Å². The molecule has 0 atom stereocenters. The van der Waals surface area contributed by atoms with Gasteiger partial charge in [-0.25, -0.2) is 0 Å². The molecule has 0 aliphatic heterocycles. The Hall–Kier alpha value is -0.940. The maximum atomic E-state index is 5.49. The first kappa shape index (κ1) is 11.5. The van der Waals surface area contributed by atoms with E-state index in [9.17, 15) is 0 Å². The quantitative estimate of drug-likeness (QED) is 0.824. The molecule has 0 spiro atoms. The van der Waals surface area contributed by atoms with Gasteiger partial charge in [-0.3, -0.25) is 0 Å². The normalized spacial score (nSPS) is 18.8. The van der Waals surface area contributed by atoms with E-state index in [1.165, 1.54) is 6.42 Å². The molecule has 1 fully saturated rings. The summed E-state index contributed by atoms with van der Waals surface area (Å²) in [6, 6.07) is 0.412. The monoisotopic (exact) mass is 225 g/mol. The van der Waals surface area contributed by atoms with Gasteiger partial charge >= 0.3 is 0 Å². The Labute approximate surface area is 95.6 Å². The molecule has 90 valence electrons. The summed E-state index contributed by atoms with van der Waals surface area (Å²) in [4.78, 5) is 4.38. The van der Waals surface area contributed by atoms with E-state index in [-0.39, 0.29) is 5.60 Å². The Bertz CT molecular complexity index is 339. The van der Waals surface area contributed by atoms with E-state index < -0.39 is 0 Å². The maximum absolute atomic E-state index is 5.49. The highest BCUT2D eigenvalue weighted by Gasteiger charge is 2.43. The molecule has 0 bridgehead atoms. The second-order valence-corrected chi connectivity index (χ2v) is 4.60. The maximum Gasteiger partial charge on any atom is 0.240 e. The van der Waals surface area contributed by atoms with Gasteiger partial charge in [-0.2, -0.15) is 4.98 Å². The molecule has 2 rings (SSSR count). The molecule has 1 aromatic heterocycles. The van der Waals surface area contributed by atoms with E-state index in [4.69, 9.17) is 9.26 Å². The van der Waals surface area contributed by atoms with Crippen molar-refractivity contribution >= 4 is 0 Å². The Morgan fingerprint density at radius 1 is 1.50 bits per heavy atom. The number of ether oxygens (including phenoxy) is 1. The van der Waals surface area contributed by atoms with Gasteiger partial charge in [0.05, 0.1) is 6.54 Å². The molecule has 0 saturated heterocycles. The van der Waals surface area contributed by atoms with Crippen molar-refractivity contribution in [3.63, 3.8) is 0 Å². The van der Waals surface area contributed by atoms with Gasteiger partial charge < -0.3 is 14.6 Å². The van der Waals surface area contributed by atoms with Gasteiger partial charge in [-0.15, -0.1) is 0 Å². The zero-order chi connectivity index (χ0) is 11.6. The second kappa shape index (κ2) is 4.51. The summed E-state index contributed by atoms with van der Waals surface area (Å²) in [5.41, 5.74) is -0.278. The summed E-state index contributed by atoms with van der Waals surface area (Å²) in [7, 11) is 1.71. The van der Waals surface area contributed by atoms with E-state index in [2.05, 4.69) is 29.3 Å². The third-order valence-corrected chi connectivity index (χ3v) is 3.09. The van der Waals surface area contributed by atoms with E-state index in [1.54, 1.807) is 7.11 Å². The van der Waals surface area contributed by atoms with Gasteiger partial charge in [0.15, 0.2) is 0 Å². The number of methoxy groups -OCH3 is 1. The minimum absolute atomic E-state index is 0.278. The lowest BCUT2D eigenvalue weighted by Crippen LogP contribution is -2.37. The van der Waals surface area contributed by atoms with Crippen molar-refractivity contribution < 1.29 is 9.26 Å². The lowest BCUT2D eigenvalue weighted by Gasteiger charge is -2.37. The zero-order valence-corrected chi connectivity index (χ0v) is 10.1. The average molecular weight is 225 g/mol. The molecule has 5 heteroatoms. The second-order valence-electron chi connectivity index (χ2n) is 4.60. The predicted octanol–water partition coefficient (Wildman–Crippen LogP) is 1.59. The summed E-state index contributed by atoms with van der Waals surface area (Å²) < 4.78 is 10.7. The van der Waals surface area contributed by atoms with Crippen LogP contribution in [0.4, 0.5) is 0 Å². The summed E-state index contributed by atoms with van der Waals surface area (Å²) in [6.45, 7) is 4.78. The molecule has 1 heterocycles. The fourth-order valence-corrected chi connectivity index (χ4v) is 1.82. The lowest BCUT2D eigenvalue weighted by molar-refractivity contribution is -0.0858. The molecular formula is C11H19N3O2.